The molecule has 211 valence electrons. The maximum Gasteiger partial charge on any atom is 0.360 e. The zero-order chi connectivity index (χ0) is 30.2. The number of nitrogens with zero attached hydrogens (tertiary/aromatic N) is 6. The van der Waals surface area contributed by atoms with Gasteiger partial charge in [-0.3, -0.25) is 9.97 Å². The van der Waals surface area contributed by atoms with E-state index in [1.54, 1.807) is 12.4 Å². The summed E-state index contributed by atoms with van der Waals surface area (Å²) in [7, 11) is 2.95. The number of rotatable bonds is 3. The van der Waals surface area contributed by atoms with Gasteiger partial charge in [0.15, 0.2) is 0 Å². The number of hydrogen-bond acceptors (Lipinski definition) is 5. The lowest BCUT2D eigenvalue weighted by atomic mass is 9.88. The molecule has 44 heavy (non-hydrogen) atoms. The number of urea groups is 1. The second-order valence-corrected chi connectivity index (χ2v) is 10.3. The number of hydrazone groups is 1. The topological polar surface area (TPSA) is 84.8 Å². The molecule has 1 radical (unpaired) electrons. The van der Waals surface area contributed by atoms with Gasteiger partial charge in [-0.15, -0.1) is 10.3 Å². The summed E-state index contributed by atoms with van der Waals surface area (Å²) >= 11 is 0. The highest BCUT2D eigenvalue weighted by Gasteiger charge is 2.30. The summed E-state index contributed by atoms with van der Waals surface area (Å²) in [5.74, 6) is 6.93. The molecule has 0 fully saturated rings. The molecule has 6 aromatic rings. The SMILES string of the molecule is CN1N=C(c2ccc(-c3c4ccccc4c(C#Cc4ccc(-c5ccccn5)nc4)c4ccccc34)cc2)N([O])N(C)C1=O. The lowest BCUT2D eigenvalue weighted by molar-refractivity contribution is -0.207. The minimum atomic E-state index is -0.501. The number of amides is 2. The minimum Gasteiger partial charge on any atom is -0.255 e. The number of amidine groups is 1. The van der Waals surface area contributed by atoms with E-state index in [2.05, 4.69) is 51.2 Å². The molecule has 0 spiro atoms. The Morgan fingerprint density at radius 2 is 1.25 bits per heavy atom. The summed E-state index contributed by atoms with van der Waals surface area (Å²) in [5, 5.41) is 23.8. The molecule has 0 atom stereocenters. The first-order chi connectivity index (χ1) is 21.5. The van der Waals surface area contributed by atoms with Crippen LogP contribution in [0.4, 0.5) is 4.79 Å². The predicted molar refractivity (Wildman–Crippen MR) is 170 cm³/mol. The number of benzene rings is 4. The zero-order valence-electron chi connectivity index (χ0n) is 24.0. The molecule has 0 bridgehead atoms. The molecule has 8 heteroatoms. The first-order valence-corrected chi connectivity index (χ1v) is 14.0. The molecule has 0 N–H and O–H groups in total. The van der Waals surface area contributed by atoms with Crippen LogP contribution < -0.4 is 0 Å². The molecule has 0 saturated carbocycles. The van der Waals surface area contributed by atoms with Gasteiger partial charge in [-0.25, -0.2) is 14.8 Å². The number of carbonyl (C=O) groups excluding carboxylic acids is 1. The Hall–Kier alpha value is -6.04. The van der Waals surface area contributed by atoms with Gasteiger partial charge in [-0.05, 0) is 56.9 Å². The molecular formula is C36H25N6O2. The van der Waals surface area contributed by atoms with E-state index in [9.17, 15) is 10.0 Å². The van der Waals surface area contributed by atoms with Gasteiger partial charge in [0, 0.05) is 43.2 Å². The fourth-order valence-corrected chi connectivity index (χ4v) is 5.45. The molecule has 1 aliphatic rings. The van der Waals surface area contributed by atoms with Crippen LogP contribution in [0.1, 0.15) is 16.7 Å². The van der Waals surface area contributed by atoms with Crippen LogP contribution in [0.5, 0.6) is 0 Å². The molecule has 3 heterocycles. The lowest BCUT2D eigenvalue weighted by Gasteiger charge is -2.33. The Labute approximate surface area is 254 Å². The normalized spacial score (nSPS) is 13.2. The van der Waals surface area contributed by atoms with Gasteiger partial charge in [0.2, 0.25) is 5.84 Å². The Morgan fingerprint density at radius 1 is 0.636 bits per heavy atom. The predicted octanol–water partition coefficient (Wildman–Crippen LogP) is 6.74. The van der Waals surface area contributed by atoms with Crippen LogP contribution in [0.3, 0.4) is 0 Å². The van der Waals surface area contributed by atoms with Gasteiger partial charge in [0.05, 0.1) is 11.4 Å². The van der Waals surface area contributed by atoms with Crippen molar-refractivity contribution in [1.29, 1.82) is 0 Å². The number of aromatic nitrogens is 2. The van der Waals surface area contributed by atoms with Crippen LogP contribution in [-0.4, -0.2) is 51.1 Å². The van der Waals surface area contributed by atoms with Crippen LogP contribution >= 0.6 is 0 Å². The number of pyridine rings is 2. The largest absolute Gasteiger partial charge is 0.360 e. The Balaban J connectivity index is 1.32. The Morgan fingerprint density at radius 3 is 1.86 bits per heavy atom. The number of hydrogen-bond donors (Lipinski definition) is 0. The smallest absolute Gasteiger partial charge is 0.255 e. The van der Waals surface area contributed by atoms with E-state index in [0.29, 0.717) is 10.7 Å². The van der Waals surface area contributed by atoms with Crippen molar-refractivity contribution < 1.29 is 10.0 Å². The highest BCUT2D eigenvalue weighted by atomic mass is 16.6. The van der Waals surface area contributed by atoms with E-state index >= 15 is 0 Å². The second kappa shape index (κ2) is 11.0. The quantitative estimate of drug-likeness (QED) is 0.173. The number of hydroxylamine groups is 1. The summed E-state index contributed by atoms with van der Waals surface area (Å²) in [5.41, 5.74) is 6.04. The third kappa shape index (κ3) is 4.67. The van der Waals surface area contributed by atoms with Gasteiger partial charge in [0.25, 0.3) is 0 Å². The average Bonchev–Trinajstić information content (AvgIpc) is 3.08. The van der Waals surface area contributed by atoms with Crippen molar-refractivity contribution >= 4 is 33.4 Å². The van der Waals surface area contributed by atoms with Crippen LogP contribution in [0.2, 0.25) is 0 Å². The molecule has 2 amide bonds. The maximum atomic E-state index is 12.7. The first-order valence-electron chi connectivity index (χ1n) is 14.0. The van der Waals surface area contributed by atoms with Crippen molar-refractivity contribution in [2.45, 2.75) is 0 Å². The number of carbonyl (C=O) groups is 1. The average molecular weight is 574 g/mol. The Bertz CT molecular complexity index is 2080. The van der Waals surface area contributed by atoms with Crippen molar-refractivity contribution in [1.82, 2.24) is 25.2 Å². The maximum absolute atomic E-state index is 12.7. The zero-order valence-corrected chi connectivity index (χ0v) is 24.0. The molecule has 8 nitrogen and oxygen atoms in total. The summed E-state index contributed by atoms with van der Waals surface area (Å²) in [4.78, 5) is 21.1. The van der Waals surface area contributed by atoms with Crippen molar-refractivity contribution in [3.8, 4) is 34.4 Å². The number of fused-ring (bicyclic) bond motifs is 2. The summed E-state index contributed by atoms with van der Waals surface area (Å²) in [6.45, 7) is 0. The molecule has 0 aliphatic carbocycles. The third-order valence-corrected chi connectivity index (χ3v) is 7.64. The van der Waals surface area contributed by atoms with E-state index in [4.69, 9.17) is 0 Å². The second-order valence-electron chi connectivity index (χ2n) is 10.3. The van der Waals surface area contributed by atoms with Gasteiger partial charge < -0.3 is 0 Å². The first kappa shape index (κ1) is 26.8. The summed E-state index contributed by atoms with van der Waals surface area (Å²) in [6, 6.07) is 33.4. The molecular weight excluding hydrogens is 548 g/mol. The highest BCUT2D eigenvalue weighted by Crippen LogP contribution is 2.39. The molecule has 0 unspecified atom stereocenters. The summed E-state index contributed by atoms with van der Waals surface area (Å²) < 4.78 is 0. The fraction of sp³-hybridized carbons (Fsp3) is 0.0556. The van der Waals surface area contributed by atoms with E-state index in [0.717, 1.165) is 65.2 Å². The van der Waals surface area contributed by atoms with Crippen LogP contribution in [0, 0.1) is 11.8 Å². The molecule has 4 aromatic carbocycles. The van der Waals surface area contributed by atoms with Crippen LogP contribution in [0.25, 0.3) is 44.1 Å². The van der Waals surface area contributed by atoms with Crippen LogP contribution in [0.15, 0.2) is 121 Å². The third-order valence-electron chi connectivity index (χ3n) is 7.64. The fourth-order valence-electron chi connectivity index (χ4n) is 5.45. The van der Waals surface area contributed by atoms with Crippen molar-refractivity contribution in [3.63, 3.8) is 0 Å². The Kier molecular flexibility index (Phi) is 6.70. The van der Waals surface area contributed by atoms with Crippen molar-refractivity contribution in [2.75, 3.05) is 14.1 Å². The molecule has 7 rings (SSSR count). The molecule has 2 aromatic heterocycles. The molecule has 0 saturated heterocycles. The van der Waals surface area contributed by atoms with E-state index < -0.39 is 6.03 Å². The van der Waals surface area contributed by atoms with Gasteiger partial charge in [-0.1, -0.05) is 95.9 Å². The van der Waals surface area contributed by atoms with E-state index in [-0.39, 0.29) is 5.84 Å². The van der Waals surface area contributed by atoms with E-state index in [1.165, 1.54) is 14.1 Å². The highest BCUT2D eigenvalue weighted by molar-refractivity contribution is 6.16. The van der Waals surface area contributed by atoms with Crippen molar-refractivity contribution in [2.24, 2.45) is 5.10 Å². The number of hydrazine groups is 1. The van der Waals surface area contributed by atoms with Crippen molar-refractivity contribution in [3.05, 3.63) is 132 Å². The minimum absolute atomic E-state index is 0.143. The lowest BCUT2D eigenvalue weighted by Crippen LogP contribution is -2.53. The van der Waals surface area contributed by atoms with Gasteiger partial charge in [-0.2, -0.15) is 0 Å². The molecule has 1 aliphatic heterocycles. The summed E-state index contributed by atoms with van der Waals surface area (Å²) in [6.07, 6.45) is 3.54. The standard InChI is InChI=1S/C36H25N6O2/c1-40-36(43)41(2)42(44)35(39-40)26-18-16-25(17-19-26)34-30-11-5-3-9-27(30)29(28-10-4-6-12-31(28)34)20-14-24-15-21-33(38-23-24)32-13-7-8-22-37-32/h3-13,15-19,21-23H,1-2H3. The van der Waals surface area contributed by atoms with Gasteiger partial charge in [0.1, 0.15) is 0 Å². The van der Waals surface area contributed by atoms with Gasteiger partial charge >= 0.3 is 6.03 Å². The monoisotopic (exact) mass is 573 g/mol. The van der Waals surface area contributed by atoms with E-state index in [1.807, 2.05) is 78.9 Å². The van der Waals surface area contributed by atoms with Crippen LogP contribution in [-0.2, 0) is 5.21 Å².